The van der Waals surface area contributed by atoms with Crippen LogP contribution in [0.25, 0.3) is 6.08 Å². The molecule has 0 spiro atoms. The first-order valence-electron chi connectivity index (χ1n) is 11.5. The average molecular weight is 469 g/mol. The maximum absolute atomic E-state index is 12.0. The van der Waals surface area contributed by atoms with Gasteiger partial charge in [-0.1, -0.05) is 30.4 Å². The number of benzene rings is 2. The number of nitrogens with one attached hydrogen (secondary N) is 4. The lowest BCUT2D eigenvalue weighted by Gasteiger charge is -2.10. The van der Waals surface area contributed by atoms with Crippen molar-refractivity contribution in [2.45, 2.75) is 25.7 Å². The molecule has 0 aliphatic rings. The summed E-state index contributed by atoms with van der Waals surface area (Å²) in [5.41, 5.74) is 2.90. The molecule has 8 heteroatoms. The molecule has 0 aliphatic heterocycles. The quantitative estimate of drug-likeness (QED) is 0.318. The third kappa shape index (κ3) is 9.95. The predicted molar refractivity (Wildman–Crippen MR) is 137 cm³/mol. The van der Waals surface area contributed by atoms with Crippen LogP contribution >= 0.6 is 0 Å². The minimum absolute atomic E-state index is 0.00241. The number of hydrogen-bond donors (Lipinski definition) is 4. The van der Waals surface area contributed by atoms with Crippen LogP contribution in [-0.2, 0) is 11.2 Å². The molecule has 2 aromatic carbocycles. The maximum Gasteiger partial charge on any atom is 0.318 e. The summed E-state index contributed by atoms with van der Waals surface area (Å²) in [6, 6.07) is 13.2. The van der Waals surface area contributed by atoms with Gasteiger partial charge in [0, 0.05) is 25.7 Å². The molecule has 0 unspecified atom stereocenters. The first-order chi connectivity index (χ1) is 16.5. The topological polar surface area (TPSA) is 101 Å². The van der Waals surface area contributed by atoms with Gasteiger partial charge in [-0.05, 0) is 67.7 Å². The Labute approximate surface area is 202 Å². The van der Waals surface area contributed by atoms with E-state index in [2.05, 4.69) is 27.3 Å². The summed E-state index contributed by atoms with van der Waals surface area (Å²) in [6.45, 7) is 2.43. The lowest BCUT2D eigenvalue weighted by Crippen LogP contribution is -2.27. The van der Waals surface area contributed by atoms with Crippen molar-refractivity contribution in [3.05, 3.63) is 59.7 Å². The van der Waals surface area contributed by atoms with Crippen molar-refractivity contribution in [2.24, 2.45) is 0 Å². The van der Waals surface area contributed by atoms with Crippen LogP contribution in [0.1, 0.15) is 30.4 Å². The highest BCUT2D eigenvalue weighted by Gasteiger charge is 2.04. The molecule has 0 bridgehead atoms. The third-order valence-electron chi connectivity index (χ3n) is 5.13. The van der Waals surface area contributed by atoms with Crippen molar-refractivity contribution in [1.29, 1.82) is 0 Å². The summed E-state index contributed by atoms with van der Waals surface area (Å²) in [6.07, 6.45) is 6.92. The fraction of sp³-hybridized carbons (Fsp3) is 0.385. The van der Waals surface area contributed by atoms with Gasteiger partial charge in [0.05, 0.1) is 14.2 Å². The molecule has 184 valence electrons. The van der Waals surface area contributed by atoms with Crippen LogP contribution < -0.4 is 30.7 Å². The van der Waals surface area contributed by atoms with E-state index in [0.717, 1.165) is 49.4 Å². The number of carbonyl (C=O) groups is 2. The minimum atomic E-state index is -0.259. The van der Waals surface area contributed by atoms with Crippen molar-refractivity contribution >= 4 is 23.7 Å². The van der Waals surface area contributed by atoms with E-state index in [0.29, 0.717) is 18.7 Å². The molecule has 2 aromatic rings. The minimum Gasteiger partial charge on any atom is -0.493 e. The van der Waals surface area contributed by atoms with Gasteiger partial charge in [0.1, 0.15) is 0 Å². The van der Waals surface area contributed by atoms with E-state index in [1.54, 1.807) is 21.3 Å². The van der Waals surface area contributed by atoms with E-state index < -0.39 is 0 Å². The van der Waals surface area contributed by atoms with E-state index in [4.69, 9.17) is 9.47 Å². The number of amides is 3. The molecular weight excluding hydrogens is 432 g/mol. The summed E-state index contributed by atoms with van der Waals surface area (Å²) in [5, 5.41) is 11.6. The van der Waals surface area contributed by atoms with Gasteiger partial charge in [0.25, 0.3) is 0 Å². The zero-order valence-electron chi connectivity index (χ0n) is 20.3. The molecule has 0 aromatic heterocycles. The van der Waals surface area contributed by atoms with Gasteiger partial charge in [-0.15, -0.1) is 0 Å². The largest absolute Gasteiger partial charge is 0.493 e. The second-order valence-electron chi connectivity index (χ2n) is 7.68. The number of methoxy groups -OCH3 is 2. The van der Waals surface area contributed by atoms with Gasteiger partial charge in [0.2, 0.25) is 5.91 Å². The molecule has 4 N–H and O–H groups in total. The summed E-state index contributed by atoms with van der Waals surface area (Å²) in [7, 11) is 4.85. The highest BCUT2D eigenvalue weighted by atomic mass is 16.5. The highest BCUT2D eigenvalue weighted by Crippen LogP contribution is 2.27. The lowest BCUT2D eigenvalue weighted by molar-refractivity contribution is -0.120. The summed E-state index contributed by atoms with van der Waals surface area (Å²) >= 11 is 0. The van der Waals surface area contributed by atoms with Crippen LogP contribution in [0.5, 0.6) is 11.5 Å². The smallest absolute Gasteiger partial charge is 0.318 e. The van der Waals surface area contributed by atoms with E-state index in [1.807, 2.05) is 48.6 Å². The molecule has 3 amide bonds. The monoisotopic (exact) mass is 468 g/mol. The number of ether oxygens (including phenoxy) is 2. The average Bonchev–Trinajstić information content (AvgIpc) is 2.86. The second kappa shape index (κ2) is 15.3. The lowest BCUT2D eigenvalue weighted by atomic mass is 10.1. The van der Waals surface area contributed by atoms with Crippen LogP contribution in [0, 0.1) is 0 Å². The number of hydrogen-bond acceptors (Lipinski definition) is 5. The van der Waals surface area contributed by atoms with Crippen molar-refractivity contribution < 1.29 is 19.1 Å². The Morgan fingerprint density at radius 2 is 1.65 bits per heavy atom. The summed E-state index contributed by atoms with van der Waals surface area (Å²) < 4.78 is 10.6. The predicted octanol–water partition coefficient (Wildman–Crippen LogP) is 3.59. The number of urea groups is 1. The van der Waals surface area contributed by atoms with Gasteiger partial charge in [-0.2, -0.15) is 0 Å². The molecule has 34 heavy (non-hydrogen) atoms. The zero-order chi connectivity index (χ0) is 24.6. The maximum atomic E-state index is 12.0. The van der Waals surface area contributed by atoms with E-state index in [1.165, 1.54) is 5.56 Å². The number of rotatable bonds is 14. The summed E-state index contributed by atoms with van der Waals surface area (Å²) in [5.74, 6) is 1.50. The van der Waals surface area contributed by atoms with Crippen LogP contribution in [0.3, 0.4) is 0 Å². The Kier molecular flexibility index (Phi) is 12.1. The molecule has 2 rings (SSSR count). The van der Waals surface area contributed by atoms with Crippen molar-refractivity contribution in [1.82, 2.24) is 16.0 Å². The third-order valence-corrected chi connectivity index (χ3v) is 5.13. The van der Waals surface area contributed by atoms with E-state index in [9.17, 15) is 9.59 Å². The number of aryl methyl sites for hydroxylation is 1. The molecule has 0 radical (unpaired) electrons. The van der Waals surface area contributed by atoms with Crippen molar-refractivity contribution in [2.75, 3.05) is 46.2 Å². The molecule has 0 atom stereocenters. The second-order valence-corrected chi connectivity index (χ2v) is 7.68. The highest BCUT2D eigenvalue weighted by molar-refractivity contribution is 5.89. The van der Waals surface area contributed by atoms with Crippen LogP contribution in [0.4, 0.5) is 10.5 Å². The zero-order valence-corrected chi connectivity index (χ0v) is 20.3. The van der Waals surface area contributed by atoms with Gasteiger partial charge in [0.15, 0.2) is 11.5 Å². The van der Waals surface area contributed by atoms with Crippen molar-refractivity contribution in [3.63, 3.8) is 0 Å². The molecular formula is C26H36N4O4. The number of anilines is 1. The molecule has 0 heterocycles. The molecule has 0 saturated heterocycles. The Morgan fingerprint density at radius 3 is 2.35 bits per heavy atom. The van der Waals surface area contributed by atoms with E-state index >= 15 is 0 Å². The van der Waals surface area contributed by atoms with Crippen LogP contribution in [0.2, 0.25) is 0 Å². The normalized spacial score (nSPS) is 10.7. The standard InChI is InChI=1S/C26H36N4O4/c1-27-26(32)30-22-13-10-20(11-14-22)7-4-9-25(31)29-18-6-17-28-16-5-8-21-12-15-23(33-2)24(19-21)34-3/h4,7,10-15,19,28H,5-6,8-9,16-18H2,1-3H3,(H,29,31)(H2,27,30,32)/b7-4+. The van der Waals surface area contributed by atoms with Crippen LogP contribution in [0.15, 0.2) is 48.5 Å². The SMILES string of the molecule is CNC(=O)Nc1ccc(/C=C/CC(=O)NCCCNCCCc2ccc(OC)c(OC)c2)cc1. The van der Waals surface area contributed by atoms with Crippen molar-refractivity contribution in [3.8, 4) is 11.5 Å². The summed E-state index contributed by atoms with van der Waals surface area (Å²) in [4.78, 5) is 23.3. The van der Waals surface area contributed by atoms with Gasteiger partial charge >= 0.3 is 6.03 Å². The van der Waals surface area contributed by atoms with Crippen LogP contribution in [-0.4, -0.2) is 52.8 Å². The number of carbonyl (C=O) groups excluding carboxylic acids is 2. The first kappa shape index (κ1) is 26.7. The molecule has 0 saturated carbocycles. The van der Waals surface area contributed by atoms with Gasteiger partial charge < -0.3 is 30.7 Å². The fourth-order valence-corrected chi connectivity index (χ4v) is 3.27. The van der Waals surface area contributed by atoms with Gasteiger partial charge in [-0.25, -0.2) is 4.79 Å². The Balaban J connectivity index is 1.53. The Hall–Kier alpha value is -3.52. The Bertz CT molecular complexity index is 929. The Morgan fingerprint density at radius 1 is 0.912 bits per heavy atom. The molecule has 0 fully saturated rings. The van der Waals surface area contributed by atoms with E-state index in [-0.39, 0.29) is 11.9 Å². The molecule has 0 aliphatic carbocycles. The van der Waals surface area contributed by atoms with Gasteiger partial charge in [-0.3, -0.25) is 4.79 Å². The fourth-order valence-electron chi connectivity index (χ4n) is 3.27. The first-order valence-corrected chi connectivity index (χ1v) is 11.5. The molecule has 8 nitrogen and oxygen atoms in total.